The average Bonchev–Trinajstić information content (AvgIpc) is 2.33. The zero-order chi connectivity index (χ0) is 12.1. The predicted octanol–water partition coefficient (Wildman–Crippen LogP) is 2.08. The van der Waals surface area contributed by atoms with Crippen LogP contribution >= 0.6 is 0 Å². The molecule has 0 heterocycles. The Morgan fingerprint density at radius 2 is 1.94 bits per heavy atom. The summed E-state index contributed by atoms with van der Waals surface area (Å²) in [5.74, 6) is 0.510. The van der Waals surface area contributed by atoms with E-state index >= 15 is 0 Å². The Labute approximate surface area is 101 Å². The maximum Gasteiger partial charge on any atom is 0.412 e. The molecule has 0 saturated heterocycles. The number of carbonyl (C=O) groups excluding carboxylic acids is 1. The zero-order valence-electron chi connectivity index (χ0n) is 9.63. The molecule has 2 N–H and O–H groups in total. The first-order valence-electron chi connectivity index (χ1n) is 5.97. The maximum absolute atomic E-state index is 11.6. The van der Waals surface area contributed by atoms with Crippen LogP contribution in [0, 0.1) is 0 Å². The van der Waals surface area contributed by atoms with Crippen molar-refractivity contribution in [2.24, 2.45) is 0 Å². The van der Waals surface area contributed by atoms with Gasteiger partial charge in [-0.15, -0.1) is 0 Å². The largest absolute Gasteiger partial charge is 0.412 e. The summed E-state index contributed by atoms with van der Waals surface area (Å²) in [7, 11) is 0. The molecule has 1 saturated carbocycles. The number of benzene rings is 1. The fourth-order valence-electron chi connectivity index (χ4n) is 2.06. The van der Waals surface area contributed by atoms with Gasteiger partial charge in [-0.25, -0.2) is 4.79 Å². The highest BCUT2D eigenvalue weighted by molar-refractivity contribution is 5.70. The van der Waals surface area contributed by atoms with E-state index in [1.165, 1.54) is 0 Å². The molecular weight excluding hydrogens is 218 g/mol. The van der Waals surface area contributed by atoms with Gasteiger partial charge >= 0.3 is 6.09 Å². The molecule has 1 aliphatic carbocycles. The Hall–Kier alpha value is -1.55. The van der Waals surface area contributed by atoms with E-state index in [1.54, 1.807) is 24.3 Å². The lowest BCUT2D eigenvalue weighted by Crippen LogP contribution is -2.46. The van der Waals surface area contributed by atoms with E-state index in [0.29, 0.717) is 5.75 Å². The van der Waals surface area contributed by atoms with Crippen molar-refractivity contribution in [3.05, 3.63) is 30.3 Å². The van der Waals surface area contributed by atoms with Gasteiger partial charge in [-0.1, -0.05) is 31.0 Å². The third-order valence-electron chi connectivity index (χ3n) is 2.99. The van der Waals surface area contributed by atoms with E-state index in [0.717, 1.165) is 25.7 Å². The van der Waals surface area contributed by atoms with Crippen LogP contribution in [0.3, 0.4) is 0 Å². The molecule has 1 aromatic rings. The third kappa shape index (κ3) is 3.46. The molecule has 1 fully saturated rings. The molecule has 2 rings (SSSR count). The Kier molecular flexibility index (Phi) is 3.98. The number of carbonyl (C=O) groups is 1. The van der Waals surface area contributed by atoms with Gasteiger partial charge in [0.05, 0.1) is 12.1 Å². The second-order valence-corrected chi connectivity index (χ2v) is 4.31. The number of rotatable bonds is 2. The summed E-state index contributed by atoms with van der Waals surface area (Å²) in [6.45, 7) is 0. The summed E-state index contributed by atoms with van der Waals surface area (Å²) in [6, 6.07) is 8.72. The van der Waals surface area contributed by atoms with Crippen molar-refractivity contribution in [3.63, 3.8) is 0 Å². The predicted molar refractivity (Wildman–Crippen MR) is 63.9 cm³/mol. The first kappa shape index (κ1) is 11.9. The maximum atomic E-state index is 11.6. The Balaban J connectivity index is 1.84. The number of aliphatic hydroxyl groups is 1. The molecule has 1 amide bonds. The van der Waals surface area contributed by atoms with Crippen LogP contribution < -0.4 is 10.1 Å². The SMILES string of the molecule is O=C(NC1CCCCC1O)Oc1ccccc1. The van der Waals surface area contributed by atoms with Gasteiger partial charge in [0.1, 0.15) is 5.75 Å². The highest BCUT2D eigenvalue weighted by Crippen LogP contribution is 2.18. The number of hydrogen-bond acceptors (Lipinski definition) is 3. The van der Waals surface area contributed by atoms with Gasteiger partial charge < -0.3 is 15.2 Å². The first-order chi connectivity index (χ1) is 8.25. The highest BCUT2D eigenvalue weighted by atomic mass is 16.6. The minimum Gasteiger partial charge on any atom is -0.410 e. The Bertz CT molecular complexity index is 366. The highest BCUT2D eigenvalue weighted by Gasteiger charge is 2.24. The molecular formula is C13H17NO3. The minimum atomic E-state index is -0.498. The molecule has 0 aliphatic heterocycles. The van der Waals surface area contributed by atoms with Crippen molar-refractivity contribution in [1.29, 1.82) is 0 Å². The lowest BCUT2D eigenvalue weighted by atomic mass is 9.93. The fourth-order valence-corrected chi connectivity index (χ4v) is 2.06. The normalized spacial score (nSPS) is 24.1. The summed E-state index contributed by atoms with van der Waals surface area (Å²) >= 11 is 0. The van der Waals surface area contributed by atoms with Crippen LogP contribution in [0.4, 0.5) is 4.79 Å². The second kappa shape index (κ2) is 5.68. The quantitative estimate of drug-likeness (QED) is 0.825. The van der Waals surface area contributed by atoms with Crippen molar-refractivity contribution in [2.75, 3.05) is 0 Å². The van der Waals surface area contributed by atoms with Gasteiger partial charge in [0.15, 0.2) is 0 Å². The Morgan fingerprint density at radius 1 is 1.24 bits per heavy atom. The van der Waals surface area contributed by atoms with Crippen LogP contribution in [0.2, 0.25) is 0 Å². The number of hydrogen-bond donors (Lipinski definition) is 2. The topological polar surface area (TPSA) is 58.6 Å². The van der Waals surface area contributed by atoms with E-state index in [-0.39, 0.29) is 6.04 Å². The van der Waals surface area contributed by atoms with Crippen molar-refractivity contribution >= 4 is 6.09 Å². The molecule has 4 nitrogen and oxygen atoms in total. The lowest BCUT2D eigenvalue weighted by molar-refractivity contribution is 0.0892. The number of nitrogens with one attached hydrogen (secondary N) is 1. The molecule has 1 aromatic carbocycles. The Morgan fingerprint density at radius 3 is 2.65 bits per heavy atom. The molecule has 2 atom stereocenters. The fraction of sp³-hybridized carbons (Fsp3) is 0.462. The van der Waals surface area contributed by atoms with Gasteiger partial charge in [0.25, 0.3) is 0 Å². The molecule has 1 aliphatic rings. The first-order valence-corrected chi connectivity index (χ1v) is 5.97. The molecule has 0 bridgehead atoms. The molecule has 0 aromatic heterocycles. The second-order valence-electron chi connectivity index (χ2n) is 4.31. The van der Waals surface area contributed by atoms with Crippen LogP contribution in [-0.4, -0.2) is 23.3 Å². The smallest absolute Gasteiger partial charge is 0.410 e. The lowest BCUT2D eigenvalue weighted by Gasteiger charge is -2.27. The van der Waals surface area contributed by atoms with Crippen LogP contribution in [-0.2, 0) is 0 Å². The number of ether oxygens (including phenoxy) is 1. The van der Waals surface area contributed by atoms with Gasteiger partial charge in [-0.3, -0.25) is 0 Å². The molecule has 4 heteroatoms. The average molecular weight is 235 g/mol. The summed E-state index contributed by atoms with van der Waals surface area (Å²) in [5, 5.41) is 12.4. The van der Waals surface area contributed by atoms with E-state index in [4.69, 9.17) is 4.74 Å². The van der Waals surface area contributed by atoms with Crippen LogP contribution in [0.5, 0.6) is 5.75 Å². The van der Waals surface area contributed by atoms with E-state index < -0.39 is 12.2 Å². The van der Waals surface area contributed by atoms with Crippen LogP contribution in [0.15, 0.2) is 30.3 Å². The number of aliphatic hydroxyl groups excluding tert-OH is 1. The monoisotopic (exact) mass is 235 g/mol. The summed E-state index contributed by atoms with van der Waals surface area (Å²) in [5.41, 5.74) is 0. The summed E-state index contributed by atoms with van der Waals surface area (Å²) in [6.07, 6.45) is 2.66. The molecule has 2 unspecified atom stereocenters. The van der Waals surface area contributed by atoms with Gasteiger partial charge in [-0.2, -0.15) is 0 Å². The van der Waals surface area contributed by atoms with E-state index in [1.807, 2.05) is 6.07 Å². The van der Waals surface area contributed by atoms with Crippen molar-refractivity contribution < 1.29 is 14.6 Å². The number of para-hydroxylation sites is 1. The zero-order valence-corrected chi connectivity index (χ0v) is 9.63. The number of amides is 1. The summed E-state index contributed by atoms with van der Waals surface area (Å²) in [4.78, 5) is 11.6. The van der Waals surface area contributed by atoms with Crippen LogP contribution in [0.1, 0.15) is 25.7 Å². The summed E-state index contributed by atoms with van der Waals surface area (Å²) < 4.78 is 5.10. The molecule has 17 heavy (non-hydrogen) atoms. The molecule has 0 radical (unpaired) electrons. The standard InChI is InChI=1S/C13H17NO3/c15-12-9-5-4-8-11(12)14-13(16)17-10-6-2-1-3-7-10/h1-3,6-7,11-12,15H,4-5,8-9H2,(H,14,16). The van der Waals surface area contributed by atoms with E-state index in [2.05, 4.69) is 5.32 Å². The van der Waals surface area contributed by atoms with Crippen molar-refractivity contribution in [1.82, 2.24) is 5.32 Å². The van der Waals surface area contributed by atoms with Gasteiger partial charge in [-0.05, 0) is 25.0 Å². The van der Waals surface area contributed by atoms with Crippen LogP contribution in [0.25, 0.3) is 0 Å². The van der Waals surface area contributed by atoms with Gasteiger partial charge in [0.2, 0.25) is 0 Å². The molecule has 92 valence electrons. The molecule has 0 spiro atoms. The van der Waals surface area contributed by atoms with Crippen molar-refractivity contribution in [2.45, 2.75) is 37.8 Å². The van der Waals surface area contributed by atoms with E-state index in [9.17, 15) is 9.90 Å². The van der Waals surface area contributed by atoms with Crippen molar-refractivity contribution in [3.8, 4) is 5.75 Å². The van der Waals surface area contributed by atoms with Gasteiger partial charge in [0, 0.05) is 0 Å². The minimum absolute atomic E-state index is 0.181. The third-order valence-corrected chi connectivity index (χ3v) is 2.99.